The first kappa shape index (κ1) is 10.3. The Morgan fingerprint density at radius 2 is 2.43 bits per heavy atom. The summed E-state index contributed by atoms with van der Waals surface area (Å²) >= 11 is 1.84. The minimum atomic E-state index is 0.393. The highest BCUT2D eigenvalue weighted by molar-refractivity contribution is 8.13. The van der Waals surface area contributed by atoms with Crippen LogP contribution in [0.5, 0.6) is 0 Å². The standard InChI is InChI=1S/C10H18N2OS/c1-8-4-6-14-10(11-8)12-9-3-2-5-13-7-9/h8-9H,2-7H2,1H3,(H,11,12). The summed E-state index contributed by atoms with van der Waals surface area (Å²) in [6.07, 6.45) is 3.58. The number of hydrogen-bond acceptors (Lipinski definition) is 3. The van der Waals surface area contributed by atoms with Crippen LogP contribution in [0.2, 0.25) is 0 Å². The van der Waals surface area contributed by atoms with E-state index in [9.17, 15) is 0 Å². The van der Waals surface area contributed by atoms with Crippen LogP contribution >= 0.6 is 11.8 Å². The van der Waals surface area contributed by atoms with Gasteiger partial charge in [0.2, 0.25) is 0 Å². The Morgan fingerprint density at radius 3 is 3.14 bits per heavy atom. The lowest BCUT2D eigenvalue weighted by Gasteiger charge is -2.25. The number of nitrogens with one attached hydrogen (secondary N) is 1. The molecule has 0 radical (unpaired) electrons. The van der Waals surface area contributed by atoms with E-state index in [1.807, 2.05) is 11.8 Å². The van der Waals surface area contributed by atoms with Crippen LogP contribution in [0.15, 0.2) is 4.99 Å². The average molecular weight is 214 g/mol. The number of nitrogens with zero attached hydrogens (tertiary/aromatic N) is 1. The minimum Gasteiger partial charge on any atom is -0.379 e. The van der Waals surface area contributed by atoms with E-state index in [2.05, 4.69) is 17.2 Å². The van der Waals surface area contributed by atoms with Gasteiger partial charge >= 0.3 is 0 Å². The quantitative estimate of drug-likeness (QED) is 0.720. The van der Waals surface area contributed by atoms with Crippen molar-refractivity contribution in [2.75, 3.05) is 19.0 Å². The molecule has 0 amide bonds. The number of ether oxygens (including phenoxy) is 1. The topological polar surface area (TPSA) is 33.6 Å². The smallest absolute Gasteiger partial charge is 0.157 e. The molecule has 2 aliphatic rings. The van der Waals surface area contributed by atoms with Crippen molar-refractivity contribution in [1.82, 2.24) is 5.32 Å². The van der Waals surface area contributed by atoms with E-state index < -0.39 is 0 Å². The maximum absolute atomic E-state index is 5.41. The van der Waals surface area contributed by atoms with Gasteiger partial charge < -0.3 is 10.1 Å². The molecule has 1 N–H and O–H groups in total. The van der Waals surface area contributed by atoms with Crippen LogP contribution < -0.4 is 5.32 Å². The molecule has 80 valence electrons. The van der Waals surface area contributed by atoms with E-state index in [1.54, 1.807) is 0 Å². The van der Waals surface area contributed by atoms with Crippen molar-refractivity contribution in [2.24, 2.45) is 4.99 Å². The predicted molar refractivity (Wildman–Crippen MR) is 60.9 cm³/mol. The molecular weight excluding hydrogens is 196 g/mol. The number of amidine groups is 1. The van der Waals surface area contributed by atoms with Gasteiger partial charge in [0.05, 0.1) is 12.6 Å². The average Bonchev–Trinajstić information content (AvgIpc) is 2.19. The molecule has 3 nitrogen and oxygen atoms in total. The Morgan fingerprint density at radius 1 is 1.50 bits per heavy atom. The molecule has 4 heteroatoms. The zero-order chi connectivity index (χ0) is 9.80. The molecule has 2 unspecified atom stereocenters. The second kappa shape index (κ2) is 5.03. The number of aliphatic imine (C=N–C) groups is 1. The van der Waals surface area contributed by atoms with E-state index in [1.165, 1.54) is 18.6 Å². The Kier molecular flexibility index (Phi) is 3.70. The summed E-state index contributed by atoms with van der Waals surface area (Å²) in [6.45, 7) is 3.94. The second-order valence-corrected chi connectivity index (χ2v) is 5.07. The SMILES string of the molecule is CC1CCSC(=NC2CCCOC2)N1. The normalized spacial score (nSPS) is 36.8. The van der Waals surface area contributed by atoms with Crippen LogP contribution in [-0.2, 0) is 4.74 Å². The maximum Gasteiger partial charge on any atom is 0.157 e. The van der Waals surface area contributed by atoms with Crippen molar-refractivity contribution >= 4 is 16.9 Å². The molecule has 2 heterocycles. The first-order valence-electron chi connectivity index (χ1n) is 5.39. The van der Waals surface area contributed by atoms with Gasteiger partial charge in [0, 0.05) is 18.4 Å². The lowest BCUT2D eigenvalue weighted by Crippen LogP contribution is -2.37. The minimum absolute atomic E-state index is 0.393. The molecule has 0 bridgehead atoms. The van der Waals surface area contributed by atoms with E-state index in [0.717, 1.165) is 24.8 Å². The van der Waals surface area contributed by atoms with Crippen LogP contribution in [0.4, 0.5) is 0 Å². The van der Waals surface area contributed by atoms with Gasteiger partial charge in [-0.1, -0.05) is 11.8 Å². The summed E-state index contributed by atoms with van der Waals surface area (Å²) in [5.74, 6) is 1.20. The summed E-state index contributed by atoms with van der Waals surface area (Å²) in [4.78, 5) is 4.69. The van der Waals surface area contributed by atoms with Gasteiger partial charge in [-0.3, -0.25) is 4.99 Å². The van der Waals surface area contributed by atoms with Gasteiger partial charge in [0.1, 0.15) is 0 Å². The van der Waals surface area contributed by atoms with Gasteiger partial charge in [0.25, 0.3) is 0 Å². The Bertz CT molecular complexity index is 214. The highest BCUT2D eigenvalue weighted by Gasteiger charge is 2.17. The Hall–Kier alpha value is -0.220. The molecule has 0 aliphatic carbocycles. The first-order chi connectivity index (χ1) is 6.84. The second-order valence-electron chi connectivity index (χ2n) is 3.99. The lowest BCUT2D eigenvalue weighted by atomic mass is 10.1. The van der Waals surface area contributed by atoms with Gasteiger partial charge in [-0.2, -0.15) is 0 Å². The zero-order valence-corrected chi connectivity index (χ0v) is 9.48. The summed E-state index contributed by atoms with van der Waals surface area (Å²) in [5.41, 5.74) is 0. The number of thioether (sulfide) groups is 1. The van der Waals surface area contributed by atoms with E-state index in [4.69, 9.17) is 4.74 Å². The molecule has 0 aromatic carbocycles. The largest absolute Gasteiger partial charge is 0.379 e. The molecule has 0 aromatic rings. The molecule has 0 saturated carbocycles. The van der Waals surface area contributed by atoms with Crippen LogP contribution in [0.25, 0.3) is 0 Å². The molecule has 2 fully saturated rings. The highest BCUT2D eigenvalue weighted by Crippen LogP contribution is 2.17. The van der Waals surface area contributed by atoms with Crippen molar-refractivity contribution in [2.45, 2.75) is 38.3 Å². The fraction of sp³-hybridized carbons (Fsp3) is 0.900. The predicted octanol–water partition coefficient (Wildman–Crippen LogP) is 1.64. The summed E-state index contributed by atoms with van der Waals surface area (Å²) in [6, 6.07) is 0.976. The summed E-state index contributed by atoms with van der Waals surface area (Å²) in [5, 5.41) is 4.55. The van der Waals surface area contributed by atoms with Crippen LogP contribution in [0, 0.1) is 0 Å². The number of hydrogen-bond donors (Lipinski definition) is 1. The molecule has 14 heavy (non-hydrogen) atoms. The molecule has 0 spiro atoms. The molecule has 2 saturated heterocycles. The van der Waals surface area contributed by atoms with Crippen molar-refractivity contribution in [3.8, 4) is 0 Å². The molecule has 2 aliphatic heterocycles. The Labute approximate surface area is 89.7 Å². The Balaban J connectivity index is 1.88. The third kappa shape index (κ3) is 2.89. The fourth-order valence-electron chi connectivity index (χ4n) is 1.72. The molecule has 2 rings (SSSR count). The lowest BCUT2D eigenvalue weighted by molar-refractivity contribution is 0.0828. The summed E-state index contributed by atoms with van der Waals surface area (Å²) in [7, 11) is 0. The third-order valence-corrected chi connectivity index (χ3v) is 3.53. The third-order valence-electron chi connectivity index (χ3n) is 2.60. The molecular formula is C10H18N2OS. The highest BCUT2D eigenvalue weighted by atomic mass is 32.2. The molecule has 0 aromatic heterocycles. The van der Waals surface area contributed by atoms with Gasteiger partial charge in [-0.05, 0) is 26.2 Å². The van der Waals surface area contributed by atoms with Gasteiger partial charge in [0.15, 0.2) is 5.17 Å². The monoisotopic (exact) mass is 214 g/mol. The van der Waals surface area contributed by atoms with Crippen molar-refractivity contribution in [3.63, 3.8) is 0 Å². The van der Waals surface area contributed by atoms with Crippen LogP contribution in [0.3, 0.4) is 0 Å². The van der Waals surface area contributed by atoms with Crippen molar-refractivity contribution < 1.29 is 4.74 Å². The van der Waals surface area contributed by atoms with Crippen LogP contribution in [0.1, 0.15) is 26.2 Å². The van der Waals surface area contributed by atoms with E-state index in [-0.39, 0.29) is 0 Å². The molecule has 2 atom stereocenters. The number of rotatable bonds is 1. The first-order valence-corrected chi connectivity index (χ1v) is 6.38. The van der Waals surface area contributed by atoms with Crippen molar-refractivity contribution in [1.29, 1.82) is 0 Å². The van der Waals surface area contributed by atoms with Gasteiger partial charge in [-0.15, -0.1) is 0 Å². The fourth-order valence-corrected chi connectivity index (χ4v) is 2.90. The van der Waals surface area contributed by atoms with E-state index in [0.29, 0.717) is 12.1 Å². The van der Waals surface area contributed by atoms with Crippen LogP contribution in [-0.4, -0.2) is 36.2 Å². The van der Waals surface area contributed by atoms with E-state index >= 15 is 0 Å². The zero-order valence-electron chi connectivity index (χ0n) is 8.66. The van der Waals surface area contributed by atoms with Crippen molar-refractivity contribution in [3.05, 3.63) is 0 Å². The maximum atomic E-state index is 5.41. The summed E-state index contributed by atoms with van der Waals surface area (Å²) < 4.78 is 5.41. The van der Waals surface area contributed by atoms with Gasteiger partial charge in [-0.25, -0.2) is 0 Å².